The number of aromatic nitrogens is 2. The lowest BCUT2D eigenvalue weighted by Gasteiger charge is -2.25. The quantitative estimate of drug-likeness (QED) is 0.878. The Labute approximate surface area is 118 Å². The Morgan fingerprint density at radius 2 is 2.14 bits per heavy atom. The predicted molar refractivity (Wildman–Crippen MR) is 70.3 cm³/mol. The van der Waals surface area contributed by atoms with Gasteiger partial charge in [0.2, 0.25) is 5.91 Å². The van der Waals surface area contributed by atoms with Crippen LogP contribution in [0.3, 0.4) is 0 Å². The van der Waals surface area contributed by atoms with Crippen LogP contribution in [0.2, 0.25) is 0 Å². The van der Waals surface area contributed by atoms with Crippen LogP contribution < -0.4 is 5.32 Å². The predicted octanol–water partition coefficient (Wildman–Crippen LogP) is 3.17. The van der Waals surface area contributed by atoms with Gasteiger partial charge in [0.05, 0.1) is 17.8 Å². The summed E-state index contributed by atoms with van der Waals surface area (Å²) in [5.74, 6) is -2.36. The molecular formula is C14H12F3N3O. The number of hydrogen-bond acceptors (Lipinski definition) is 2. The highest BCUT2D eigenvalue weighted by molar-refractivity contribution is 5.94. The average Bonchev–Trinajstić information content (AvgIpc) is 2.80. The maximum Gasteiger partial charge on any atom is 0.396 e. The number of alkyl halides is 3. The van der Waals surface area contributed by atoms with Gasteiger partial charge in [-0.15, -0.1) is 0 Å². The second-order valence-corrected chi connectivity index (χ2v) is 5.05. The zero-order valence-electron chi connectivity index (χ0n) is 11.1. The standard InChI is InChI=1S/C14H12F3N3O/c1-8-3-2-4-9(5-8)20-13-10(7-18-20)11(14(15,16)17)6-12(21)19-13/h2-5,7,11H,6H2,1H3,(H,19,21)/t11-/m1/s1. The molecule has 1 amide bonds. The second kappa shape index (κ2) is 4.61. The van der Waals surface area contributed by atoms with Gasteiger partial charge in [-0.1, -0.05) is 12.1 Å². The lowest BCUT2D eigenvalue weighted by atomic mass is 9.94. The average molecular weight is 295 g/mol. The fourth-order valence-corrected chi connectivity index (χ4v) is 2.47. The highest BCUT2D eigenvalue weighted by atomic mass is 19.4. The van der Waals surface area contributed by atoms with E-state index in [1.807, 2.05) is 13.0 Å². The molecule has 1 aromatic carbocycles. The Balaban J connectivity index is 2.12. The van der Waals surface area contributed by atoms with E-state index in [1.165, 1.54) is 10.9 Å². The van der Waals surface area contributed by atoms with Gasteiger partial charge in [-0.05, 0) is 24.6 Å². The lowest BCUT2D eigenvalue weighted by molar-refractivity contribution is -0.156. The van der Waals surface area contributed by atoms with Crippen molar-refractivity contribution in [1.82, 2.24) is 9.78 Å². The maximum atomic E-state index is 13.1. The van der Waals surface area contributed by atoms with Crippen molar-refractivity contribution in [3.63, 3.8) is 0 Å². The van der Waals surface area contributed by atoms with Crippen LogP contribution in [0.4, 0.5) is 19.0 Å². The summed E-state index contributed by atoms with van der Waals surface area (Å²) < 4.78 is 40.5. The van der Waals surface area contributed by atoms with Gasteiger partial charge in [0.1, 0.15) is 5.82 Å². The fourth-order valence-electron chi connectivity index (χ4n) is 2.47. The number of fused-ring (bicyclic) bond motifs is 1. The number of nitrogens with zero attached hydrogens (tertiary/aromatic N) is 2. The van der Waals surface area contributed by atoms with E-state index in [0.717, 1.165) is 5.56 Å². The molecule has 0 aliphatic carbocycles. The molecule has 0 fully saturated rings. The van der Waals surface area contributed by atoms with Gasteiger partial charge < -0.3 is 5.32 Å². The molecule has 1 atom stereocenters. The molecule has 0 spiro atoms. The van der Waals surface area contributed by atoms with Gasteiger partial charge in [0, 0.05) is 12.0 Å². The third-order valence-corrected chi connectivity index (χ3v) is 3.46. The molecule has 1 aromatic heterocycles. The van der Waals surface area contributed by atoms with Crippen molar-refractivity contribution in [3.8, 4) is 5.69 Å². The fraction of sp³-hybridized carbons (Fsp3) is 0.286. The number of benzene rings is 1. The van der Waals surface area contributed by atoms with E-state index in [1.54, 1.807) is 18.2 Å². The summed E-state index contributed by atoms with van der Waals surface area (Å²) in [7, 11) is 0. The minimum atomic E-state index is -4.47. The van der Waals surface area contributed by atoms with Crippen molar-refractivity contribution in [3.05, 3.63) is 41.6 Å². The first-order valence-corrected chi connectivity index (χ1v) is 6.38. The Hall–Kier alpha value is -2.31. The molecule has 0 saturated heterocycles. The van der Waals surface area contributed by atoms with Crippen molar-refractivity contribution >= 4 is 11.7 Å². The summed E-state index contributed by atoms with van der Waals surface area (Å²) in [5.41, 5.74) is 1.56. The largest absolute Gasteiger partial charge is 0.396 e. The number of anilines is 1. The van der Waals surface area contributed by atoms with Crippen LogP contribution in [-0.4, -0.2) is 21.9 Å². The Kier molecular flexibility index (Phi) is 3.00. The number of carbonyl (C=O) groups excluding carboxylic acids is 1. The molecule has 2 heterocycles. The van der Waals surface area contributed by atoms with Gasteiger partial charge in [0.15, 0.2) is 0 Å². The van der Waals surface area contributed by atoms with Crippen molar-refractivity contribution in [1.29, 1.82) is 0 Å². The van der Waals surface area contributed by atoms with Crippen molar-refractivity contribution in [2.45, 2.75) is 25.4 Å². The zero-order chi connectivity index (χ0) is 15.2. The normalized spacial score (nSPS) is 18.3. The molecule has 2 aromatic rings. The summed E-state index contributed by atoms with van der Waals surface area (Å²) >= 11 is 0. The molecule has 1 N–H and O–H groups in total. The van der Waals surface area contributed by atoms with Crippen LogP contribution in [0.5, 0.6) is 0 Å². The number of carbonyl (C=O) groups is 1. The molecular weight excluding hydrogens is 283 g/mol. The van der Waals surface area contributed by atoms with E-state index in [0.29, 0.717) is 5.69 Å². The topological polar surface area (TPSA) is 46.9 Å². The van der Waals surface area contributed by atoms with Crippen LogP contribution in [-0.2, 0) is 4.79 Å². The number of hydrogen-bond donors (Lipinski definition) is 1. The second-order valence-electron chi connectivity index (χ2n) is 5.05. The third-order valence-electron chi connectivity index (χ3n) is 3.46. The van der Waals surface area contributed by atoms with Crippen LogP contribution in [0.15, 0.2) is 30.5 Å². The Morgan fingerprint density at radius 1 is 1.38 bits per heavy atom. The first kappa shape index (κ1) is 13.7. The Bertz CT molecular complexity index is 706. The molecule has 1 aliphatic heterocycles. The van der Waals surface area contributed by atoms with Gasteiger partial charge in [0.25, 0.3) is 0 Å². The molecule has 1 aliphatic rings. The van der Waals surface area contributed by atoms with E-state index >= 15 is 0 Å². The molecule has 0 unspecified atom stereocenters. The summed E-state index contributed by atoms with van der Waals surface area (Å²) in [5, 5.41) is 6.50. The third kappa shape index (κ3) is 2.39. The van der Waals surface area contributed by atoms with Gasteiger partial charge in [-0.25, -0.2) is 4.68 Å². The van der Waals surface area contributed by atoms with E-state index in [-0.39, 0.29) is 11.4 Å². The zero-order valence-corrected chi connectivity index (χ0v) is 11.1. The molecule has 0 radical (unpaired) electrons. The molecule has 7 heteroatoms. The minimum Gasteiger partial charge on any atom is -0.310 e. The number of rotatable bonds is 1. The molecule has 0 bridgehead atoms. The summed E-state index contributed by atoms with van der Waals surface area (Å²) in [4.78, 5) is 11.6. The van der Waals surface area contributed by atoms with Crippen molar-refractivity contribution in [2.75, 3.05) is 5.32 Å². The monoisotopic (exact) mass is 295 g/mol. The minimum absolute atomic E-state index is 0.00334. The molecule has 0 saturated carbocycles. The number of halogens is 3. The van der Waals surface area contributed by atoms with Gasteiger partial charge in [-0.2, -0.15) is 18.3 Å². The van der Waals surface area contributed by atoms with Crippen molar-refractivity contribution < 1.29 is 18.0 Å². The first-order chi connectivity index (χ1) is 9.86. The van der Waals surface area contributed by atoms with Crippen LogP contribution in [0, 0.1) is 6.92 Å². The van der Waals surface area contributed by atoms with Gasteiger partial charge >= 0.3 is 6.18 Å². The van der Waals surface area contributed by atoms with E-state index < -0.39 is 24.4 Å². The number of amides is 1. The first-order valence-electron chi connectivity index (χ1n) is 6.38. The van der Waals surface area contributed by atoms with Gasteiger partial charge in [-0.3, -0.25) is 4.79 Å². The summed E-state index contributed by atoms with van der Waals surface area (Å²) in [6.07, 6.45) is -3.89. The molecule has 21 heavy (non-hydrogen) atoms. The van der Waals surface area contributed by atoms with E-state index in [4.69, 9.17) is 0 Å². The van der Waals surface area contributed by atoms with E-state index in [2.05, 4.69) is 10.4 Å². The molecule has 110 valence electrons. The van der Waals surface area contributed by atoms with Crippen LogP contribution in [0.1, 0.15) is 23.5 Å². The number of nitrogens with one attached hydrogen (secondary N) is 1. The van der Waals surface area contributed by atoms with E-state index in [9.17, 15) is 18.0 Å². The summed E-state index contributed by atoms with van der Waals surface area (Å²) in [6, 6.07) is 7.17. The highest BCUT2D eigenvalue weighted by Gasteiger charge is 2.46. The molecule has 4 nitrogen and oxygen atoms in total. The summed E-state index contributed by atoms with van der Waals surface area (Å²) in [6.45, 7) is 1.87. The smallest absolute Gasteiger partial charge is 0.310 e. The number of aryl methyl sites for hydroxylation is 1. The van der Waals surface area contributed by atoms with Crippen LogP contribution in [0.25, 0.3) is 5.69 Å². The van der Waals surface area contributed by atoms with Crippen LogP contribution >= 0.6 is 0 Å². The molecule has 3 rings (SSSR count). The highest BCUT2D eigenvalue weighted by Crippen LogP contribution is 2.43. The Morgan fingerprint density at radius 3 is 2.81 bits per heavy atom. The maximum absolute atomic E-state index is 13.1. The SMILES string of the molecule is Cc1cccc(-n2ncc3c2NC(=O)C[C@H]3C(F)(F)F)c1. The lowest BCUT2D eigenvalue weighted by Crippen LogP contribution is -2.31. The van der Waals surface area contributed by atoms with Crippen molar-refractivity contribution in [2.24, 2.45) is 0 Å².